The number of nitrogens with zero attached hydrogens (tertiary/aromatic N) is 4. The van der Waals surface area contributed by atoms with E-state index in [0.29, 0.717) is 0 Å². The van der Waals surface area contributed by atoms with Crippen molar-refractivity contribution < 1.29 is 0 Å². The summed E-state index contributed by atoms with van der Waals surface area (Å²) in [4.78, 5) is 3.68. The maximum absolute atomic E-state index is 3.68. The third-order valence-corrected chi connectivity index (χ3v) is 0.597. The molecular weight excluding hydrogens is 118 g/mol. The van der Waals surface area contributed by atoms with E-state index in [-0.39, 0.29) is 0 Å². The second-order valence-corrected chi connectivity index (χ2v) is 1.33. The summed E-state index contributed by atoms with van der Waals surface area (Å²) in [6.45, 7) is 0. The number of hydrogen-bond acceptors (Lipinski definition) is 3. The van der Waals surface area contributed by atoms with Crippen LogP contribution in [0.15, 0.2) is 15.3 Å². The lowest BCUT2D eigenvalue weighted by atomic mass is 11.2. The van der Waals surface area contributed by atoms with Crippen LogP contribution in [0.25, 0.3) is 0 Å². The molecule has 0 aromatic rings. The maximum atomic E-state index is 3.68. The molecule has 0 aromatic carbocycles. The summed E-state index contributed by atoms with van der Waals surface area (Å²) in [6.07, 6.45) is 1.52. The van der Waals surface area contributed by atoms with Crippen LogP contribution in [0.3, 0.4) is 0 Å². The van der Waals surface area contributed by atoms with Crippen molar-refractivity contribution in [2.24, 2.45) is 15.3 Å². The van der Waals surface area contributed by atoms with Crippen molar-refractivity contribution in [3.63, 3.8) is 0 Å². The van der Waals surface area contributed by atoms with Gasteiger partial charge in [-0.2, -0.15) is 10.2 Å². The predicted molar refractivity (Wildman–Crippen MR) is 36.1 cm³/mol. The maximum Gasteiger partial charge on any atom is 0.102 e. The van der Waals surface area contributed by atoms with Gasteiger partial charge in [-0.15, -0.1) is 0 Å². The predicted octanol–water partition coefficient (Wildman–Crippen LogP) is 0.0779. The lowest BCUT2D eigenvalue weighted by Crippen LogP contribution is -2.27. The number of aliphatic imine (C=N–C) groups is 1. The summed E-state index contributed by atoms with van der Waals surface area (Å²) in [7, 11) is 5.00. The van der Waals surface area contributed by atoms with Crippen LogP contribution in [0.2, 0.25) is 0 Å². The molecule has 5 heteroatoms. The third-order valence-electron chi connectivity index (χ3n) is 0.597. The van der Waals surface area contributed by atoms with E-state index >= 15 is 0 Å². The van der Waals surface area contributed by atoms with Crippen molar-refractivity contribution in [2.45, 2.75) is 0 Å². The van der Waals surface area contributed by atoms with E-state index in [0.717, 1.165) is 0 Å². The Kier molecular flexibility index (Phi) is 4.39. The molecule has 0 unspecified atom stereocenters. The normalized spacial score (nSPS) is 11.0. The Morgan fingerprint density at radius 3 is 2.56 bits per heavy atom. The van der Waals surface area contributed by atoms with Crippen molar-refractivity contribution in [1.29, 1.82) is 0 Å². The molecule has 0 amide bonds. The highest BCUT2D eigenvalue weighted by Gasteiger charge is 1.80. The van der Waals surface area contributed by atoms with E-state index in [2.05, 4.69) is 20.8 Å². The molecule has 0 aromatic heterocycles. The van der Waals surface area contributed by atoms with Gasteiger partial charge in [0.25, 0.3) is 0 Å². The Labute approximate surface area is 54.4 Å². The number of hydrogen-bond donors (Lipinski definition) is 1. The van der Waals surface area contributed by atoms with Gasteiger partial charge in [0.15, 0.2) is 0 Å². The number of rotatable bonds is 3. The first kappa shape index (κ1) is 7.87. The second kappa shape index (κ2) is 5.02. The molecule has 0 atom stereocenters. The lowest BCUT2D eigenvalue weighted by Gasteiger charge is -2.07. The first-order valence-corrected chi connectivity index (χ1v) is 2.51. The SMILES string of the molecule is CN=CNN(C)N=NC. The molecule has 0 radical (unpaired) electrons. The van der Waals surface area contributed by atoms with Gasteiger partial charge in [-0.05, 0) is 0 Å². The van der Waals surface area contributed by atoms with Crippen LogP contribution >= 0.6 is 0 Å². The van der Waals surface area contributed by atoms with Crippen LogP contribution in [0.4, 0.5) is 0 Å². The molecule has 0 saturated carbocycles. The summed E-state index contributed by atoms with van der Waals surface area (Å²) in [5.41, 5.74) is 2.71. The molecule has 1 N–H and O–H groups in total. The topological polar surface area (TPSA) is 52.4 Å². The average Bonchev–Trinajstić information content (AvgIpc) is 1.85. The minimum Gasteiger partial charge on any atom is -0.277 e. The molecule has 0 spiro atoms. The Morgan fingerprint density at radius 2 is 2.11 bits per heavy atom. The van der Waals surface area contributed by atoms with Gasteiger partial charge >= 0.3 is 0 Å². The fourth-order valence-corrected chi connectivity index (χ4v) is 0.301. The van der Waals surface area contributed by atoms with Crippen LogP contribution in [-0.2, 0) is 0 Å². The Balaban J connectivity index is 3.37. The molecule has 0 fully saturated rings. The van der Waals surface area contributed by atoms with Crippen LogP contribution in [-0.4, -0.2) is 32.6 Å². The molecule has 0 rings (SSSR count). The van der Waals surface area contributed by atoms with Crippen LogP contribution in [0, 0.1) is 0 Å². The average molecular weight is 129 g/mol. The monoisotopic (exact) mass is 129 g/mol. The third kappa shape index (κ3) is 4.73. The van der Waals surface area contributed by atoms with Crippen LogP contribution < -0.4 is 5.43 Å². The van der Waals surface area contributed by atoms with Crippen LogP contribution in [0.1, 0.15) is 0 Å². The molecule has 0 heterocycles. The minimum atomic E-state index is 1.45. The highest BCUT2D eigenvalue weighted by atomic mass is 15.7. The van der Waals surface area contributed by atoms with Gasteiger partial charge in [0.1, 0.15) is 6.34 Å². The quantitative estimate of drug-likeness (QED) is 0.254. The Morgan fingerprint density at radius 1 is 1.44 bits per heavy atom. The van der Waals surface area contributed by atoms with Gasteiger partial charge in [-0.3, -0.25) is 10.4 Å². The van der Waals surface area contributed by atoms with E-state index in [4.69, 9.17) is 0 Å². The van der Waals surface area contributed by atoms with Crippen molar-refractivity contribution >= 4 is 6.34 Å². The summed E-state index contributed by atoms with van der Waals surface area (Å²) < 4.78 is 0. The number of hydrazine groups is 1. The molecular formula is C4H11N5. The summed E-state index contributed by atoms with van der Waals surface area (Å²) in [6, 6.07) is 0. The van der Waals surface area contributed by atoms with Crippen molar-refractivity contribution in [3.05, 3.63) is 0 Å². The van der Waals surface area contributed by atoms with E-state index in [1.165, 1.54) is 11.5 Å². The fourth-order valence-electron chi connectivity index (χ4n) is 0.301. The van der Waals surface area contributed by atoms with Crippen molar-refractivity contribution in [2.75, 3.05) is 21.1 Å². The zero-order valence-corrected chi connectivity index (χ0v) is 5.87. The van der Waals surface area contributed by atoms with Crippen molar-refractivity contribution in [3.8, 4) is 0 Å². The van der Waals surface area contributed by atoms with E-state index in [1.807, 2.05) is 0 Å². The lowest BCUT2D eigenvalue weighted by molar-refractivity contribution is 0.290. The van der Waals surface area contributed by atoms with Gasteiger partial charge in [0, 0.05) is 14.1 Å². The Hall–Kier alpha value is -1.13. The largest absolute Gasteiger partial charge is 0.277 e. The van der Waals surface area contributed by atoms with Gasteiger partial charge in [0.2, 0.25) is 0 Å². The molecule has 9 heavy (non-hydrogen) atoms. The van der Waals surface area contributed by atoms with E-state index in [1.54, 1.807) is 21.1 Å². The zero-order valence-electron chi connectivity index (χ0n) is 5.87. The summed E-state index contributed by atoms with van der Waals surface area (Å²) in [5, 5.41) is 8.58. The number of nitrogens with one attached hydrogen (secondary N) is 1. The van der Waals surface area contributed by atoms with Gasteiger partial charge in [0.05, 0.1) is 7.05 Å². The van der Waals surface area contributed by atoms with Gasteiger partial charge in [-0.1, -0.05) is 5.22 Å². The van der Waals surface area contributed by atoms with Gasteiger partial charge in [-0.25, -0.2) is 0 Å². The molecule has 0 aliphatic heterocycles. The van der Waals surface area contributed by atoms with E-state index < -0.39 is 0 Å². The fraction of sp³-hybridized carbons (Fsp3) is 0.750. The highest BCUT2D eigenvalue weighted by molar-refractivity contribution is 5.52. The molecule has 0 aliphatic rings. The van der Waals surface area contributed by atoms with Crippen molar-refractivity contribution in [1.82, 2.24) is 10.5 Å². The molecule has 5 nitrogen and oxygen atoms in total. The smallest absolute Gasteiger partial charge is 0.102 e. The first-order valence-electron chi connectivity index (χ1n) is 2.51. The standard InChI is InChI=1S/C4H11N5/c1-5-4-7-9(3)8-6-2/h4H,1-3H3,(H,5,7). The molecule has 52 valence electrons. The summed E-state index contributed by atoms with van der Waals surface area (Å²) >= 11 is 0. The van der Waals surface area contributed by atoms with Crippen LogP contribution in [0.5, 0.6) is 0 Å². The van der Waals surface area contributed by atoms with E-state index in [9.17, 15) is 0 Å². The Bertz CT molecular complexity index is 108. The zero-order chi connectivity index (χ0) is 7.11. The first-order chi connectivity index (χ1) is 4.31. The summed E-state index contributed by atoms with van der Waals surface area (Å²) in [5.74, 6) is 0. The molecule has 0 bridgehead atoms. The molecule has 0 saturated heterocycles. The van der Waals surface area contributed by atoms with Gasteiger partial charge < -0.3 is 0 Å². The minimum absolute atomic E-state index is 1.45. The highest BCUT2D eigenvalue weighted by Crippen LogP contribution is 1.73. The molecule has 0 aliphatic carbocycles. The second-order valence-electron chi connectivity index (χ2n) is 1.33.